The van der Waals surface area contributed by atoms with E-state index in [9.17, 15) is 26.4 Å². The summed E-state index contributed by atoms with van der Waals surface area (Å²) in [5, 5.41) is 2.59. The molecule has 0 aliphatic carbocycles. The average Bonchev–Trinajstić information content (AvgIpc) is 2.82. The highest BCUT2D eigenvalue weighted by atomic mass is 32.2. The van der Waals surface area contributed by atoms with E-state index in [1.54, 1.807) is 24.3 Å². The molecule has 0 bridgehead atoms. The predicted molar refractivity (Wildman–Crippen MR) is 120 cm³/mol. The topological polar surface area (TPSA) is 93.7 Å². The second-order valence-corrected chi connectivity index (χ2v) is 8.67. The minimum atomic E-state index is -4.42. The molecule has 7 nitrogen and oxygen atoms in total. The molecule has 0 aromatic heterocycles. The van der Waals surface area contributed by atoms with Crippen LogP contribution >= 0.6 is 0 Å². The number of nitrogens with one attached hydrogen (secondary N) is 2. The van der Waals surface area contributed by atoms with Gasteiger partial charge in [-0.05, 0) is 72.8 Å². The number of methoxy groups -OCH3 is 1. The highest BCUT2D eigenvalue weighted by Crippen LogP contribution is 2.30. The summed E-state index contributed by atoms with van der Waals surface area (Å²) in [6, 6.07) is 15.9. The lowest BCUT2D eigenvalue weighted by molar-refractivity contribution is -0.137. The Kier molecular flexibility index (Phi) is 7.67. The van der Waals surface area contributed by atoms with Crippen molar-refractivity contribution in [2.24, 2.45) is 0 Å². The molecule has 3 aromatic carbocycles. The van der Waals surface area contributed by atoms with E-state index in [1.807, 2.05) is 0 Å². The third-order valence-electron chi connectivity index (χ3n) is 4.61. The first kappa shape index (κ1) is 24.9. The number of alkyl halides is 3. The molecule has 0 atom stereocenters. The molecule has 3 rings (SSSR count). The molecular weight excluding hydrogens is 473 g/mol. The maximum absolute atomic E-state index is 12.6. The number of rotatable bonds is 9. The highest BCUT2D eigenvalue weighted by Gasteiger charge is 2.30. The summed E-state index contributed by atoms with van der Waals surface area (Å²) in [5.41, 5.74) is -0.189. The number of hydrogen-bond donors (Lipinski definition) is 2. The zero-order valence-corrected chi connectivity index (χ0v) is 18.7. The van der Waals surface area contributed by atoms with Crippen molar-refractivity contribution in [3.8, 4) is 11.5 Å². The Balaban J connectivity index is 1.50. The summed E-state index contributed by atoms with van der Waals surface area (Å²) in [6.45, 7) is 0.133. The van der Waals surface area contributed by atoms with E-state index in [4.69, 9.17) is 9.47 Å². The lowest BCUT2D eigenvalue weighted by atomic mass is 10.2. The number of ether oxygens (including phenoxy) is 2. The first-order valence-electron chi connectivity index (χ1n) is 9.94. The number of halogens is 3. The van der Waals surface area contributed by atoms with Crippen LogP contribution in [0.2, 0.25) is 0 Å². The number of hydrogen-bond acceptors (Lipinski definition) is 5. The Bertz CT molecular complexity index is 1210. The van der Waals surface area contributed by atoms with E-state index in [2.05, 4.69) is 10.0 Å². The summed E-state index contributed by atoms with van der Waals surface area (Å²) in [5.74, 6) is 0.368. The largest absolute Gasteiger partial charge is 0.497 e. The number of carbonyl (C=O) groups excluding carboxylic acids is 1. The molecule has 11 heteroatoms. The van der Waals surface area contributed by atoms with Crippen LogP contribution in [0.3, 0.4) is 0 Å². The fraction of sp³-hybridized carbons (Fsp3) is 0.174. The van der Waals surface area contributed by atoms with Gasteiger partial charge in [0.05, 0.1) is 24.1 Å². The van der Waals surface area contributed by atoms with Crippen molar-refractivity contribution >= 4 is 21.6 Å². The maximum Gasteiger partial charge on any atom is 0.416 e. The van der Waals surface area contributed by atoms with Crippen LogP contribution in [-0.2, 0) is 16.2 Å². The molecule has 0 heterocycles. The fourth-order valence-corrected chi connectivity index (χ4v) is 3.89. The molecule has 2 N–H and O–H groups in total. The second kappa shape index (κ2) is 10.5. The summed E-state index contributed by atoms with van der Waals surface area (Å²) >= 11 is 0. The monoisotopic (exact) mass is 494 g/mol. The quantitative estimate of drug-likeness (QED) is 0.432. The molecular formula is C23H21F3N2O5S. The van der Waals surface area contributed by atoms with Crippen LogP contribution in [0, 0.1) is 0 Å². The molecule has 0 aliphatic heterocycles. The lowest BCUT2D eigenvalue weighted by Gasteiger charge is -2.11. The zero-order chi connectivity index (χ0) is 24.8. The van der Waals surface area contributed by atoms with Gasteiger partial charge >= 0.3 is 6.18 Å². The summed E-state index contributed by atoms with van der Waals surface area (Å²) in [7, 11) is -2.35. The number of carbonyl (C=O) groups is 1. The van der Waals surface area contributed by atoms with Gasteiger partial charge in [0.15, 0.2) is 0 Å². The molecule has 0 saturated carbocycles. The van der Waals surface area contributed by atoms with E-state index in [0.29, 0.717) is 11.4 Å². The predicted octanol–water partition coefficient (Wildman–Crippen LogP) is 4.32. The lowest BCUT2D eigenvalue weighted by Crippen LogP contribution is -2.28. The number of anilines is 1. The Morgan fingerprint density at radius 1 is 0.882 bits per heavy atom. The van der Waals surface area contributed by atoms with Crippen molar-refractivity contribution in [2.75, 3.05) is 25.0 Å². The normalized spacial score (nSPS) is 11.5. The van der Waals surface area contributed by atoms with Crippen molar-refractivity contribution in [1.82, 2.24) is 5.32 Å². The van der Waals surface area contributed by atoms with Gasteiger partial charge in [-0.25, -0.2) is 8.42 Å². The standard InChI is InChI=1S/C23H21F3N2O5S/c1-32-19-10-6-18(7-11-19)28-34(30,31)21-12-2-16(3-13-21)22(29)27-14-15-33-20-8-4-17(5-9-20)23(24,25)26/h2-13,28H,14-15H2,1H3,(H,27,29). The first-order chi connectivity index (χ1) is 16.1. The summed E-state index contributed by atoms with van der Waals surface area (Å²) < 4.78 is 75.5. The van der Waals surface area contributed by atoms with Gasteiger partial charge in [-0.2, -0.15) is 13.2 Å². The Morgan fingerprint density at radius 2 is 1.47 bits per heavy atom. The van der Waals surface area contributed by atoms with Gasteiger partial charge in [0.2, 0.25) is 0 Å². The molecule has 3 aromatic rings. The van der Waals surface area contributed by atoms with Gasteiger partial charge in [-0.15, -0.1) is 0 Å². The van der Waals surface area contributed by atoms with Gasteiger partial charge in [0.1, 0.15) is 18.1 Å². The third kappa shape index (κ3) is 6.64. The van der Waals surface area contributed by atoms with E-state index in [1.165, 1.54) is 43.5 Å². The highest BCUT2D eigenvalue weighted by molar-refractivity contribution is 7.92. The van der Waals surface area contributed by atoms with Crippen molar-refractivity contribution in [2.45, 2.75) is 11.1 Å². The molecule has 0 fully saturated rings. The summed E-state index contributed by atoms with van der Waals surface area (Å²) in [4.78, 5) is 12.2. The fourth-order valence-electron chi connectivity index (χ4n) is 2.83. The van der Waals surface area contributed by atoms with E-state index >= 15 is 0 Å². The van der Waals surface area contributed by atoms with Crippen molar-refractivity contribution < 1.29 is 35.9 Å². The van der Waals surface area contributed by atoms with Crippen molar-refractivity contribution in [1.29, 1.82) is 0 Å². The second-order valence-electron chi connectivity index (χ2n) is 6.98. The molecule has 0 radical (unpaired) electrons. The van der Waals surface area contributed by atoms with Crippen LogP contribution in [0.15, 0.2) is 77.7 Å². The van der Waals surface area contributed by atoms with E-state index in [-0.39, 0.29) is 29.4 Å². The minimum Gasteiger partial charge on any atom is -0.497 e. The molecule has 0 aliphatic rings. The first-order valence-corrected chi connectivity index (χ1v) is 11.4. The molecule has 0 saturated heterocycles. The maximum atomic E-state index is 12.6. The Hall–Kier alpha value is -3.73. The number of amides is 1. The van der Waals surface area contributed by atoms with E-state index in [0.717, 1.165) is 12.1 Å². The van der Waals surface area contributed by atoms with Crippen LogP contribution in [0.5, 0.6) is 11.5 Å². The molecule has 34 heavy (non-hydrogen) atoms. The minimum absolute atomic E-state index is 0.0227. The molecule has 1 amide bonds. The van der Waals surface area contributed by atoms with Crippen LogP contribution in [0.25, 0.3) is 0 Å². The third-order valence-corrected chi connectivity index (χ3v) is 6.00. The Morgan fingerprint density at radius 3 is 2.03 bits per heavy atom. The molecule has 0 spiro atoms. The van der Waals surface area contributed by atoms with Crippen molar-refractivity contribution in [3.63, 3.8) is 0 Å². The van der Waals surface area contributed by atoms with Crippen LogP contribution < -0.4 is 19.5 Å². The molecule has 180 valence electrons. The number of sulfonamides is 1. The van der Waals surface area contributed by atoms with Gasteiger partial charge in [0, 0.05) is 11.3 Å². The van der Waals surface area contributed by atoms with Gasteiger partial charge in [-0.1, -0.05) is 0 Å². The van der Waals surface area contributed by atoms with Crippen LogP contribution in [-0.4, -0.2) is 34.6 Å². The molecule has 0 unspecified atom stereocenters. The zero-order valence-electron chi connectivity index (χ0n) is 17.9. The number of benzene rings is 3. The van der Waals surface area contributed by atoms with Gasteiger partial charge in [-0.3, -0.25) is 9.52 Å². The SMILES string of the molecule is COc1ccc(NS(=O)(=O)c2ccc(C(=O)NCCOc3ccc(C(F)(F)F)cc3)cc2)cc1. The van der Waals surface area contributed by atoms with E-state index < -0.39 is 27.7 Å². The summed E-state index contributed by atoms with van der Waals surface area (Å²) in [6.07, 6.45) is -4.42. The van der Waals surface area contributed by atoms with Crippen LogP contribution in [0.4, 0.5) is 18.9 Å². The van der Waals surface area contributed by atoms with Crippen molar-refractivity contribution in [3.05, 3.63) is 83.9 Å². The van der Waals surface area contributed by atoms with Gasteiger partial charge in [0.25, 0.3) is 15.9 Å². The Labute approximate surface area is 194 Å². The average molecular weight is 494 g/mol. The van der Waals surface area contributed by atoms with Gasteiger partial charge < -0.3 is 14.8 Å². The smallest absolute Gasteiger partial charge is 0.416 e. The van der Waals surface area contributed by atoms with Crippen LogP contribution in [0.1, 0.15) is 15.9 Å².